The van der Waals surface area contributed by atoms with Crippen molar-refractivity contribution in [2.75, 3.05) is 5.73 Å². The monoisotopic (exact) mass is 326 g/mol. The molecule has 0 unspecified atom stereocenters. The molecule has 0 amide bonds. The largest absolute Gasteiger partial charge is 0.389 e. The molecule has 24 heavy (non-hydrogen) atoms. The molecule has 0 fully saturated rings. The molecule has 5 nitrogen and oxygen atoms in total. The van der Waals surface area contributed by atoms with Crippen molar-refractivity contribution in [2.24, 2.45) is 0 Å². The predicted octanol–water partition coefficient (Wildman–Crippen LogP) is 3.59. The maximum atomic E-state index is 10.4. The molecular weight excluding hydrogens is 300 g/mol. The molecule has 3 aromatic rings. The first-order chi connectivity index (χ1) is 11.3. The van der Waals surface area contributed by atoms with E-state index in [9.17, 15) is 5.11 Å². The number of hydrogen-bond acceptors (Lipinski definition) is 4. The highest BCUT2D eigenvalue weighted by atomic mass is 16.3. The third kappa shape index (κ3) is 3.08. The van der Waals surface area contributed by atoms with E-state index in [1.165, 1.54) is 0 Å². The maximum Gasteiger partial charge on any atom is 0.152 e. The number of nitrogens with zero attached hydrogens (tertiary/aromatic N) is 3. The molecule has 1 aromatic carbocycles. The molecule has 2 heterocycles. The summed E-state index contributed by atoms with van der Waals surface area (Å²) in [5.41, 5.74) is 9.10. The van der Waals surface area contributed by atoms with E-state index in [0.717, 1.165) is 52.6 Å². The van der Waals surface area contributed by atoms with Gasteiger partial charge in [0, 0.05) is 11.8 Å². The average Bonchev–Trinajstić information content (AvgIpc) is 2.82. The van der Waals surface area contributed by atoms with Gasteiger partial charge in [0.2, 0.25) is 0 Å². The smallest absolute Gasteiger partial charge is 0.152 e. The second-order valence-electron chi connectivity index (χ2n) is 7.25. The summed E-state index contributed by atoms with van der Waals surface area (Å²) < 4.78 is 2.13. The highest BCUT2D eigenvalue weighted by Crippen LogP contribution is 2.30. The zero-order valence-electron chi connectivity index (χ0n) is 14.9. The Hall–Kier alpha value is -2.14. The van der Waals surface area contributed by atoms with Crippen LogP contribution >= 0.6 is 0 Å². The van der Waals surface area contributed by atoms with Gasteiger partial charge < -0.3 is 15.4 Å². The number of aliphatic hydroxyl groups is 1. The molecule has 2 aromatic heterocycles. The van der Waals surface area contributed by atoms with Crippen LogP contribution in [0.25, 0.3) is 21.9 Å². The molecule has 3 N–H and O–H groups in total. The Bertz CT molecular complexity index is 890. The summed E-state index contributed by atoms with van der Waals surface area (Å²) in [5.74, 6) is 1.42. The van der Waals surface area contributed by atoms with Crippen molar-refractivity contribution in [1.82, 2.24) is 14.5 Å². The molecule has 0 spiro atoms. The lowest BCUT2D eigenvalue weighted by molar-refractivity contribution is 0.0618. The quantitative estimate of drug-likeness (QED) is 0.751. The minimum Gasteiger partial charge on any atom is -0.389 e. The van der Waals surface area contributed by atoms with E-state index >= 15 is 0 Å². The summed E-state index contributed by atoms with van der Waals surface area (Å²) in [6.45, 7) is 8.33. The molecule has 0 radical (unpaired) electrons. The van der Waals surface area contributed by atoms with E-state index in [1.807, 2.05) is 26.8 Å². The molecule has 128 valence electrons. The maximum absolute atomic E-state index is 10.4. The van der Waals surface area contributed by atoms with Crippen molar-refractivity contribution in [2.45, 2.75) is 59.1 Å². The molecule has 0 bridgehead atoms. The molecule has 3 rings (SSSR count). The van der Waals surface area contributed by atoms with Gasteiger partial charge >= 0.3 is 0 Å². The third-order valence-corrected chi connectivity index (χ3v) is 4.24. The number of fused-ring (bicyclic) bond motifs is 3. The number of anilines is 1. The number of hydrogen-bond donors (Lipinski definition) is 2. The fraction of sp³-hybridized carbons (Fsp3) is 0.474. The molecule has 0 aliphatic carbocycles. The lowest BCUT2D eigenvalue weighted by atomic mass is 10.1. The van der Waals surface area contributed by atoms with Gasteiger partial charge in [0.25, 0.3) is 0 Å². The summed E-state index contributed by atoms with van der Waals surface area (Å²) in [4.78, 5) is 9.31. The zero-order chi connectivity index (χ0) is 17.5. The molecule has 0 saturated heterocycles. The van der Waals surface area contributed by atoms with Crippen LogP contribution in [-0.2, 0) is 13.0 Å². The van der Waals surface area contributed by atoms with E-state index in [-0.39, 0.29) is 0 Å². The fourth-order valence-electron chi connectivity index (χ4n) is 3.15. The Labute approximate surface area is 142 Å². The van der Waals surface area contributed by atoms with Crippen LogP contribution in [-0.4, -0.2) is 25.2 Å². The lowest BCUT2D eigenvalue weighted by Gasteiger charge is -2.20. The number of aryl methyl sites for hydroxylation is 2. The van der Waals surface area contributed by atoms with Gasteiger partial charge in [-0.05, 0) is 38.8 Å². The Kier molecular flexibility index (Phi) is 4.22. The summed E-state index contributed by atoms with van der Waals surface area (Å²) in [6.07, 6.45) is 3.02. The Morgan fingerprint density at radius 1 is 1.25 bits per heavy atom. The number of nitrogen functional groups attached to an aromatic ring is 1. The van der Waals surface area contributed by atoms with Gasteiger partial charge in [-0.25, -0.2) is 9.97 Å². The fourth-order valence-corrected chi connectivity index (χ4v) is 3.15. The van der Waals surface area contributed by atoms with Crippen LogP contribution < -0.4 is 5.73 Å². The molecule has 5 heteroatoms. The molecule has 0 saturated carbocycles. The van der Waals surface area contributed by atoms with Crippen molar-refractivity contribution in [1.29, 1.82) is 0 Å². The summed E-state index contributed by atoms with van der Waals surface area (Å²) in [5, 5.41) is 11.4. The summed E-state index contributed by atoms with van der Waals surface area (Å²) >= 11 is 0. The molecular formula is C19H26N4O. The van der Waals surface area contributed by atoms with Gasteiger partial charge in [0.15, 0.2) is 5.82 Å². The Morgan fingerprint density at radius 3 is 2.67 bits per heavy atom. The normalized spacial score (nSPS) is 12.4. The summed E-state index contributed by atoms with van der Waals surface area (Å²) in [6, 6.07) is 6.19. The van der Waals surface area contributed by atoms with E-state index < -0.39 is 5.60 Å². The van der Waals surface area contributed by atoms with Gasteiger partial charge in [-0.15, -0.1) is 0 Å². The average molecular weight is 326 g/mol. The second-order valence-corrected chi connectivity index (χ2v) is 7.25. The number of imidazole rings is 1. The van der Waals surface area contributed by atoms with Crippen molar-refractivity contribution < 1.29 is 5.11 Å². The first-order valence-corrected chi connectivity index (χ1v) is 8.57. The Morgan fingerprint density at radius 2 is 2.00 bits per heavy atom. The van der Waals surface area contributed by atoms with Gasteiger partial charge in [-0.3, -0.25) is 0 Å². The van der Waals surface area contributed by atoms with E-state index in [0.29, 0.717) is 12.4 Å². The SMILES string of the molecule is CCCCc1nc2c(N)nc3cc(C)ccc3c2n1CC(C)(C)O. The number of rotatable bonds is 5. The zero-order valence-corrected chi connectivity index (χ0v) is 14.9. The van der Waals surface area contributed by atoms with Crippen molar-refractivity contribution in [3.8, 4) is 0 Å². The minimum atomic E-state index is -0.830. The van der Waals surface area contributed by atoms with Crippen molar-refractivity contribution in [3.63, 3.8) is 0 Å². The molecule has 0 aliphatic rings. The standard InChI is InChI=1S/C19H26N4O/c1-5-6-7-15-22-16-17(23(15)11-19(3,4)24)13-9-8-12(2)10-14(13)21-18(16)20/h8-10,24H,5-7,11H2,1-4H3,(H2,20,21). The van der Waals surface area contributed by atoms with Crippen molar-refractivity contribution >= 4 is 27.8 Å². The first-order valence-electron chi connectivity index (χ1n) is 8.57. The van der Waals surface area contributed by atoms with Crippen LogP contribution in [0.4, 0.5) is 5.82 Å². The molecule has 0 atom stereocenters. The van der Waals surface area contributed by atoms with E-state index in [1.54, 1.807) is 0 Å². The number of unbranched alkanes of at least 4 members (excludes halogenated alkanes) is 1. The van der Waals surface area contributed by atoms with E-state index in [4.69, 9.17) is 10.7 Å². The van der Waals surface area contributed by atoms with Gasteiger partial charge in [-0.2, -0.15) is 0 Å². The Balaban J connectivity index is 2.34. The topological polar surface area (TPSA) is 77.0 Å². The van der Waals surface area contributed by atoms with Crippen LogP contribution in [0.2, 0.25) is 0 Å². The third-order valence-electron chi connectivity index (χ3n) is 4.24. The summed E-state index contributed by atoms with van der Waals surface area (Å²) in [7, 11) is 0. The van der Waals surface area contributed by atoms with Crippen LogP contribution in [0.1, 0.15) is 45.0 Å². The number of pyridine rings is 1. The van der Waals surface area contributed by atoms with Gasteiger partial charge in [0.05, 0.1) is 23.2 Å². The van der Waals surface area contributed by atoms with Crippen molar-refractivity contribution in [3.05, 3.63) is 29.6 Å². The first kappa shape index (κ1) is 16.7. The highest BCUT2D eigenvalue weighted by molar-refractivity contribution is 6.06. The van der Waals surface area contributed by atoms with E-state index in [2.05, 4.69) is 28.6 Å². The number of nitrogens with two attached hydrogens (primary N) is 1. The number of benzene rings is 1. The predicted molar refractivity (Wildman–Crippen MR) is 99.1 cm³/mol. The second kappa shape index (κ2) is 6.06. The molecule has 0 aliphatic heterocycles. The van der Waals surface area contributed by atoms with Crippen LogP contribution in [0.15, 0.2) is 18.2 Å². The lowest BCUT2D eigenvalue weighted by Crippen LogP contribution is -2.27. The van der Waals surface area contributed by atoms with Crippen LogP contribution in [0, 0.1) is 6.92 Å². The minimum absolute atomic E-state index is 0.454. The van der Waals surface area contributed by atoms with Crippen LogP contribution in [0.3, 0.4) is 0 Å². The van der Waals surface area contributed by atoms with Gasteiger partial charge in [0.1, 0.15) is 11.3 Å². The number of aromatic nitrogens is 3. The highest BCUT2D eigenvalue weighted by Gasteiger charge is 2.22. The van der Waals surface area contributed by atoms with Gasteiger partial charge in [-0.1, -0.05) is 25.5 Å². The van der Waals surface area contributed by atoms with Crippen LogP contribution in [0.5, 0.6) is 0 Å².